The van der Waals surface area contributed by atoms with Crippen molar-refractivity contribution >= 4 is 12.1 Å². The number of rotatable bonds is 5. The maximum absolute atomic E-state index is 11.6. The Morgan fingerprint density at radius 2 is 1.86 bits per heavy atom. The van der Waals surface area contributed by atoms with Gasteiger partial charge in [0.15, 0.2) is 0 Å². The molecule has 0 atom stereocenters. The summed E-state index contributed by atoms with van der Waals surface area (Å²) in [5.41, 5.74) is 1.49. The van der Waals surface area contributed by atoms with Crippen molar-refractivity contribution in [1.29, 1.82) is 0 Å². The smallest absolute Gasteiger partial charge is 0.407 e. The van der Waals surface area contributed by atoms with Gasteiger partial charge in [-0.3, -0.25) is 4.79 Å². The Bertz CT molecular complexity index is 491. The zero-order valence-corrected chi connectivity index (χ0v) is 13.1. The largest absolute Gasteiger partial charge is 0.469 e. The fraction of sp³-hybridized carbons (Fsp3) is 0.500. The molecule has 21 heavy (non-hydrogen) atoms. The zero-order valence-electron chi connectivity index (χ0n) is 13.1. The number of aryl methyl sites for hydroxylation is 1. The number of methoxy groups -OCH3 is 1. The average Bonchev–Trinajstić information content (AvgIpc) is 2.41. The summed E-state index contributed by atoms with van der Waals surface area (Å²) in [6.07, 6.45) is 0.523. The van der Waals surface area contributed by atoms with Crippen molar-refractivity contribution in [2.24, 2.45) is 0 Å². The molecule has 0 aromatic heterocycles. The Hall–Kier alpha value is -2.04. The molecule has 5 nitrogen and oxygen atoms in total. The summed E-state index contributed by atoms with van der Waals surface area (Å²) in [4.78, 5) is 22.7. The van der Waals surface area contributed by atoms with Crippen molar-refractivity contribution in [3.8, 4) is 0 Å². The minimum absolute atomic E-state index is 0.229. The number of ether oxygens (including phenoxy) is 2. The molecule has 5 heteroatoms. The maximum Gasteiger partial charge on any atom is 0.407 e. The van der Waals surface area contributed by atoms with Crippen LogP contribution in [-0.2, 0) is 27.2 Å². The van der Waals surface area contributed by atoms with Crippen molar-refractivity contribution in [3.05, 3.63) is 35.4 Å². The van der Waals surface area contributed by atoms with Crippen LogP contribution in [0.3, 0.4) is 0 Å². The van der Waals surface area contributed by atoms with Gasteiger partial charge in [-0.15, -0.1) is 0 Å². The van der Waals surface area contributed by atoms with E-state index in [0.29, 0.717) is 19.4 Å². The molecule has 116 valence electrons. The SMILES string of the molecule is COC(=O)CCc1cccc(CNC(=O)OC(C)(C)C)c1. The summed E-state index contributed by atoms with van der Waals surface area (Å²) >= 11 is 0. The topological polar surface area (TPSA) is 64.6 Å². The van der Waals surface area contributed by atoms with Crippen LogP contribution in [0.2, 0.25) is 0 Å². The van der Waals surface area contributed by atoms with Crippen LogP contribution in [0.4, 0.5) is 4.79 Å². The maximum atomic E-state index is 11.6. The van der Waals surface area contributed by atoms with E-state index < -0.39 is 11.7 Å². The van der Waals surface area contributed by atoms with E-state index in [1.54, 1.807) is 0 Å². The Morgan fingerprint density at radius 1 is 1.19 bits per heavy atom. The van der Waals surface area contributed by atoms with Gasteiger partial charge in [-0.1, -0.05) is 24.3 Å². The fourth-order valence-electron chi connectivity index (χ4n) is 1.73. The zero-order chi connectivity index (χ0) is 15.9. The number of benzene rings is 1. The molecule has 1 aromatic carbocycles. The Balaban J connectivity index is 2.49. The van der Waals surface area contributed by atoms with Crippen LogP contribution in [0.25, 0.3) is 0 Å². The lowest BCUT2D eigenvalue weighted by molar-refractivity contribution is -0.140. The Kier molecular flexibility index (Phi) is 6.21. The fourth-order valence-corrected chi connectivity index (χ4v) is 1.73. The summed E-state index contributed by atoms with van der Waals surface area (Å²) in [6, 6.07) is 7.72. The van der Waals surface area contributed by atoms with Gasteiger partial charge in [0.05, 0.1) is 7.11 Å². The minimum Gasteiger partial charge on any atom is -0.469 e. The third kappa shape index (κ3) is 7.34. The van der Waals surface area contributed by atoms with Gasteiger partial charge in [-0.2, -0.15) is 0 Å². The van der Waals surface area contributed by atoms with E-state index in [-0.39, 0.29) is 5.97 Å². The molecule has 0 fully saturated rings. The molecule has 0 saturated heterocycles. The molecule has 0 saturated carbocycles. The van der Waals surface area contributed by atoms with Crippen molar-refractivity contribution in [2.45, 2.75) is 45.8 Å². The van der Waals surface area contributed by atoms with Crippen LogP contribution in [0.1, 0.15) is 38.3 Å². The van der Waals surface area contributed by atoms with Crippen LogP contribution in [-0.4, -0.2) is 24.8 Å². The van der Waals surface area contributed by atoms with Crippen molar-refractivity contribution in [2.75, 3.05) is 7.11 Å². The van der Waals surface area contributed by atoms with Crippen molar-refractivity contribution in [3.63, 3.8) is 0 Å². The van der Waals surface area contributed by atoms with Crippen molar-refractivity contribution < 1.29 is 19.1 Å². The molecule has 1 N–H and O–H groups in total. The van der Waals surface area contributed by atoms with Gasteiger partial charge in [0.25, 0.3) is 0 Å². The second-order valence-corrected chi connectivity index (χ2v) is 5.75. The predicted molar refractivity (Wildman–Crippen MR) is 79.9 cm³/mol. The lowest BCUT2D eigenvalue weighted by atomic mass is 10.1. The molecule has 0 unspecified atom stereocenters. The van der Waals surface area contributed by atoms with Gasteiger partial charge in [0.2, 0.25) is 0 Å². The molecule has 1 amide bonds. The summed E-state index contributed by atoms with van der Waals surface area (Å²) in [5, 5.41) is 2.71. The van der Waals surface area contributed by atoms with Gasteiger partial charge < -0.3 is 14.8 Å². The first-order valence-electron chi connectivity index (χ1n) is 6.91. The van der Waals surface area contributed by atoms with Crippen LogP contribution < -0.4 is 5.32 Å². The summed E-state index contributed by atoms with van der Waals surface area (Å²) in [7, 11) is 1.38. The first-order valence-corrected chi connectivity index (χ1v) is 6.91. The quantitative estimate of drug-likeness (QED) is 0.848. The number of hydrogen-bond acceptors (Lipinski definition) is 4. The summed E-state index contributed by atoms with van der Waals surface area (Å²) in [5.74, 6) is -0.229. The first kappa shape index (κ1) is 17.0. The van der Waals surface area contributed by atoms with Gasteiger partial charge >= 0.3 is 12.1 Å². The Morgan fingerprint density at radius 3 is 2.48 bits per heavy atom. The molecule has 0 aliphatic heterocycles. The van der Waals surface area contributed by atoms with Crippen LogP contribution >= 0.6 is 0 Å². The number of amides is 1. The molecule has 0 bridgehead atoms. The van der Waals surface area contributed by atoms with Crippen LogP contribution in [0, 0.1) is 0 Å². The van der Waals surface area contributed by atoms with E-state index in [9.17, 15) is 9.59 Å². The number of carbonyl (C=O) groups is 2. The number of alkyl carbamates (subject to hydrolysis) is 1. The highest BCUT2D eigenvalue weighted by Crippen LogP contribution is 2.09. The molecule has 0 aliphatic carbocycles. The number of nitrogens with one attached hydrogen (secondary N) is 1. The monoisotopic (exact) mass is 293 g/mol. The van der Waals surface area contributed by atoms with Gasteiger partial charge in [0.1, 0.15) is 5.60 Å². The van der Waals surface area contributed by atoms with Crippen LogP contribution in [0.5, 0.6) is 0 Å². The van der Waals surface area contributed by atoms with E-state index in [1.165, 1.54) is 7.11 Å². The molecular weight excluding hydrogens is 270 g/mol. The second-order valence-electron chi connectivity index (χ2n) is 5.75. The number of hydrogen-bond donors (Lipinski definition) is 1. The summed E-state index contributed by atoms with van der Waals surface area (Å²) < 4.78 is 9.79. The highest BCUT2D eigenvalue weighted by atomic mass is 16.6. The van der Waals surface area contributed by atoms with E-state index >= 15 is 0 Å². The van der Waals surface area contributed by atoms with E-state index in [2.05, 4.69) is 10.1 Å². The second kappa shape index (κ2) is 7.67. The number of esters is 1. The van der Waals surface area contributed by atoms with Gasteiger partial charge in [-0.05, 0) is 38.3 Å². The third-order valence-electron chi connectivity index (χ3n) is 2.67. The normalized spacial score (nSPS) is 10.9. The molecule has 0 radical (unpaired) electrons. The number of carbonyl (C=O) groups excluding carboxylic acids is 2. The lowest BCUT2D eigenvalue weighted by Gasteiger charge is -2.19. The predicted octanol–water partition coefficient (Wildman–Crippen LogP) is 2.82. The lowest BCUT2D eigenvalue weighted by Crippen LogP contribution is -2.32. The van der Waals surface area contributed by atoms with Gasteiger partial charge in [-0.25, -0.2) is 4.79 Å². The standard InChI is InChI=1S/C16H23NO4/c1-16(2,3)21-15(19)17-11-13-7-5-6-12(10-13)8-9-14(18)20-4/h5-7,10H,8-9,11H2,1-4H3,(H,17,19). The van der Waals surface area contributed by atoms with E-state index in [0.717, 1.165) is 11.1 Å². The molecule has 0 heterocycles. The third-order valence-corrected chi connectivity index (χ3v) is 2.67. The van der Waals surface area contributed by atoms with Crippen molar-refractivity contribution in [1.82, 2.24) is 5.32 Å². The Labute approximate surface area is 125 Å². The highest BCUT2D eigenvalue weighted by Gasteiger charge is 2.15. The van der Waals surface area contributed by atoms with Crippen LogP contribution in [0.15, 0.2) is 24.3 Å². The van der Waals surface area contributed by atoms with E-state index in [1.807, 2.05) is 45.0 Å². The van der Waals surface area contributed by atoms with E-state index in [4.69, 9.17) is 4.74 Å². The molecule has 0 aliphatic rings. The molecule has 1 aromatic rings. The van der Waals surface area contributed by atoms with Gasteiger partial charge in [0, 0.05) is 13.0 Å². The molecule has 0 spiro atoms. The summed E-state index contributed by atoms with van der Waals surface area (Å²) in [6.45, 7) is 5.85. The average molecular weight is 293 g/mol. The molecular formula is C16H23NO4. The highest BCUT2D eigenvalue weighted by molar-refractivity contribution is 5.69. The first-order chi connectivity index (χ1) is 9.80. The molecule has 1 rings (SSSR count). The minimum atomic E-state index is -0.507.